The van der Waals surface area contributed by atoms with Crippen LogP contribution >= 0.6 is 0 Å². The van der Waals surface area contributed by atoms with E-state index in [2.05, 4.69) is 13.8 Å². The second kappa shape index (κ2) is 5.74. The predicted octanol–water partition coefficient (Wildman–Crippen LogP) is 2.65. The number of nitrogens with zero attached hydrogens (tertiary/aromatic N) is 1. The monoisotopic (exact) mass is 261 g/mol. The Morgan fingerprint density at radius 2 is 1.89 bits per heavy atom. The molecule has 0 aliphatic heterocycles. The van der Waals surface area contributed by atoms with Gasteiger partial charge in [0.25, 0.3) is 5.91 Å². The van der Waals surface area contributed by atoms with Crippen LogP contribution < -0.4 is 0 Å². The number of hydrogen-bond donors (Lipinski definition) is 1. The fourth-order valence-electron chi connectivity index (χ4n) is 2.55. The lowest BCUT2D eigenvalue weighted by Gasteiger charge is -2.34. The first-order chi connectivity index (χ1) is 8.97. The number of amides is 1. The number of carbonyl (C=O) groups is 1. The standard InChI is InChI=1S/C16H23NO2/c1-11(2)13-4-6-14(7-5-13)16(19)17(3)10-12-8-15(18)9-12/h4-7,11-12,15,18H,8-10H2,1-3H3. The number of benzene rings is 1. The lowest BCUT2D eigenvalue weighted by Crippen LogP contribution is -2.39. The SMILES string of the molecule is CC(C)c1ccc(C(=O)N(C)CC2CC(O)C2)cc1. The van der Waals surface area contributed by atoms with Crippen LogP contribution in [0, 0.1) is 5.92 Å². The average molecular weight is 261 g/mol. The Morgan fingerprint density at radius 1 is 1.32 bits per heavy atom. The Labute approximate surface area is 115 Å². The Hall–Kier alpha value is -1.35. The number of aliphatic hydroxyl groups excluding tert-OH is 1. The molecule has 0 heterocycles. The number of aliphatic hydroxyl groups is 1. The van der Waals surface area contributed by atoms with Gasteiger partial charge in [0.05, 0.1) is 6.10 Å². The first-order valence-corrected chi connectivity index (χ1v) is 7.01. The van der Waals surface area contributed by atoms with Gasteiger partial charge < -0.3 is 10.0 Å². The van der Waals surface area contributed by atoms with Crippen LogP contribution in [-0.2, 0) is 0 Å². The highest BCUT2D eigenvalue weighted by Crippen LogP contribution is 2.28. The van der Waals surface area contributed by atoms with Crippen LogP contribution in [0.15, 0.2) is 24.3 Å². The van der Waals surface area contributed by atoms with Crippen LogP contribution in [0.1, 0.15) is 48.5 Å². The van der Waals surface area contributed by atoms with Crippen molar-refractivity contribution in [2.45, 2.75) is 38.7 Å². The summed E-state index contributed by atoms with van der Waals surface area (Å²) >= 11 is 0. The summed E-state index contributed by atoms with van der Waals surface area (Å²) in [5.74, 6) is 1.01. The zero-order chi connectivity index (χ0) is 14.0. The molecule has 1 saturated carbocycles. The maximum Gasteiger partial charge on any atom is 0.253 e. The molecular weight excluding hydrogens is 238 g/mol. The van der Waals surface area contributed by atoms with Crippen molar-refractivity contribution in [3.05, 3.63) is 35.4 Å². The highest BCUT2D eigenvalue weighted by atomic mass is 16.3. The summed E-state index contributed by atoms with van der Waals surface area (Å²) in [6.07, 6.45) is 1.49. The van der Waals surface area contributed by atoms with Crippen LogP contribution in [0.25, 0.3) is 0 Å². The van der Waals surface area contributed by atoms with E-state index in [9.17, 15) is 9.90 Å². The largest absolute Gasteiger partial charge is 0.393 e. The smallest absolute Gasteiger partial charge is 0.253 e. The summed E-state index contributed by atoms with van der Waals surface area (Å²) in [7, 11) is 1.84. The zero-order valence-electron chi connectivity index (χ0n) is 12.0. The molecule has 1 aromatic carbocycles. The molecule has 3 heteroatoms. The third-order valence-corrected chi connectivity index (χ3v) is 3.91. The Kier molecular flexibility index (Phi) is 4.25. The molecule has 0 radical (unpaired) electrons. The molecule has 1 aliphatic rings. The van der Waals surface area contributed by atoms with Gasteiger partial charge >= 0.3 is 0 Å². The van der Waals surface area contributed by atoms with E-state index in [4.69, 9.17) is 0 Å². The van der Waals surface area contributed by atoms with Gasteiger partial charge in [-0.25, -0.2) is 0 Å². The van der Waals surface area contributed by atoms with E-state index in [1.807, 2.05) is 31.3 Å². The number of carbonyl (C=O) groups excluding carboxylic acids is 1. The van der Waals surface area contributed by atoms with Crippen molar-refractivity contribution >= 4 is 5.91 Å². The fraction of sp³-hybridized carbons (Fsp3) is 0.562. The van der Waals surface area contributed by atoms with E-state index in [1.54, 1.807) is 4.90 Å². The molecule has 2 rings (SSSR count). The topological polar surface area (TPSA) is 40.5 Å². The Bertz CT molecular complexity index is 433. The van der Waals surface area contributed by atoms with Crippen molar-refractivity contribution in [2.75, 3.05) is 13.6 Å². The first kappa shape index (κ1) is 14.1. The number of hydrogen-bond acceptors (Lipinski definition) is 2. The van der Waals surface area contributed by atoms with E-state index >= 15 is 0 Å². The molecule has 0 unspecified atom stereocenters. The summed E-state index contributed by atoms with van der Waals surface area (Å²) in [6, 6.07) is 7.87. The van der Waals surface area contributed by atoms with Gasteiger partial charge in [-0.2, -0.15) is 0 Å². The minimum absolute atomic E-state index is 0.0664. The molecule has 0 bridgehead atoms. The van der Waals surface area contributed by atoms with E-state index < -0.39 is 0 Å². The summed E-state index contributed by atoms with van der Waals surface area (Å²) in [4.78, 5) is 14.0. The van der Waals surface area contributed by atoms with Crippen LogP contribution in [0.4, 0.5) is 0 Å². The van der Waals surface area contributed by atoms with Gasteiger partial charge in [0.2, 0.25) is 0 Å². The second-order valence-electron chi connectivity index (χ2n) is 5.95. The van der Waals surface area contributed by atoms with Crippen molar-refractivity contribution in [1.29, 1.82) is 0 Å². The quantitative estimate of drug-likeness (QED) is 0.905. The van der Waals surface area contributed by atoms with Gasteiger partial charge in [-0.05, 0) is 42.4 Å². The molecule has 1 aliphatic carbocycles. The minimum atomic E-state index is -0.154. The van der Waals surface area contributed by atoms with Crippen LogP contribution in [0.5, 0.6) is 0 Å². The minimum Gasteiger partial charge on any atom is -0.393 e. The number of rotatable bonds is 4. The van der Waals surface area contributed by atoms with E-state index in [1.165, 1.54) is 5.56 Å². The summed E-state index contributed by atoms with van der Waals surface area (Å²) in [6.45, 7) is 5.03. The van der Waals surface area contributed by atoms with Crippen LogP contribution in [0.3, 0.4) is 0 Å². The van der Waals surface area contributed by atoms with Gasteiger partial charge in [-0.15, -0.1) is 0 Å². The Morgan fingerprint density at radius 3 is 2.37 bits per heavy atom. The second-order valence-corrected chi connectivity index (χ2v) is 5.95. The van der Waals surface area contributed by atoms with Crippen molar-refractivity contribution in [2.24, 2.45) is 5.92 Å². The lowest BCUT2D eigenvalue weighted by molar-refractivity contribution is 0.0265. The van der Waals surface area contributed by atoms with Crippen LogP contribution in [0.2, 0.25) is 0 Å². The fourth-order valence-corrected chi connectivity index (χ4v) is 2.55. The zero-order valence-corrected chi connectivity index (χ0v) is 12.0. The van der Waals surface area contributed by atoms with Crippen molar-refractivity contribution in [3.63, 3.8) is 0 Å². The molecule has 1 aromatic rings. The third kappa shape index (κ3) is 3.35. The molecule has 1 fully saturated rings. The van der Waals surface area contributed by atoms with E-state index in [0.29, 0.717) is 11.8 Å². The molecule has 0 saturated heterocycles. The maximum absolute atomic E-state index is 12.2. The lowest BCUT2D eigenvalue weighted by atomic mass is 9.82. The first-order valence-electron chi connectivity index (χ1n) is 7.01. The molecule has 3 nitrogen and oxygen atoms in total. The summed E-state index contributed by atoms with van der Waals surface area (Å²) in [5.41, 5.74) is 1.99. The van der Waals surface area contributed by atoms with Gasteiger partial charge in [0.15, 0.2) is 0 Å². The highest BCUT2D eigenvalue weighted by Gasteiger charge is 2.29. The molecule has 19 heavy (non-hydrogen) atoms. The van der Waals surface area contributed by atoms with E-state index in [0.717, 1.165) is 24.9 Å². The molecule has 104 valence electrons. The Balaban J connectivity index is 1.94. The molecule has 1 N–H and O–H groups in total. The molecular formula is C16H23NO2. The molecule has 0 atom stereocenters. The van der Waals surface area contributed by atoms with Crippen molar-refractivity contribution in [3.8, 4) is 0 Å². The van der Waals surface area contributed by atoms with Crippen molar-refractivity contribution < 1.29 is 9.90 Å². The van der Waals surface area contributed by atoms with Crippen molar-refractivity contribution in [1.82, 2.24) is 4.90 Å². The summed E-state index contributed by atoms with van der Waals surface area (Å²) < 4.78 is 0. The van der Waals surface area contributed by atoms with Gasteiger partial charge in [0.1, 0.15) is 0 Å². The van der Waals surface area contributed by atoms with Gasteiger partial charge in [-0.3, -0.25) is 4.79 Å². The predicted molar refractivity (Wildman–Crippen MR) is 76.2 cm³/mol. The molecule has 0 aromatic heterocycles. The maximum atomic E-state index is 12.2. The highest BCUT2D eigenvalue weighted by molar-refractivity contribution is 5.94. The third-order valence-electron chi connectivity index (χ3n) is 3.91. The van der Waals surface area contributed by atoms with Crippen LogP contribution in [-0.4, -0.2) is 35.6 Å². The normalized spacial score (nSPS) is 22.2. The molecule has 1 amide bonds. The van der Waals surface area contributed by atoms with E-state index in [-0.39, 0.29) is 12.0 Å². The average Bonchev–Trinajstić information content (AvgIpc) is 2.36. The van der Waals surface area contributed by atoms with Gasteiger partial charge in [0, 0.05) is 19.2 Å². The molecule has 0 spiro atoms. The van der Waals surface area contributed by atoms with Gasteiger partial charge in [-0.1, -0.05) is 26.0 Å². The summed E-state index contributed by atoms with van der Waals surface area (Å²) in [5, 5.41) is 9.27.